The maximum Gasteiger partial charge on any atom is 0.251 e. The van der Waals surface area contributed by atoms with E-state index >= 15 is 0 Å². The summed E-state index contributed by atoms with van der Waals surface area (Å²) in [5.41, 5.74) is 7.81. The van der Waals surface area contributed by atoms with Crippen LogP contribution in [0.2, 0.25) is 0 Å². The van der Waals surface area contributed by atoms with Gasteiger partial charge in [0.15, 0.2) is 0 Å². The summed E-state index contributed by atoms with van der Waals surface area (Å²) < 4.78 is 0.786. The van der Waals surface area contributed by atoms with Gasteiger partial charge in [0.2, 0.25) is 0 Å². The Bertz CT molecular complexity index is 566. The van der Waals surface area contributed by atoms with Crippen LogP contribution in [0.5, 0.6) is 0 Å². The second-order valence-corrected chi connectivity index (χ2v) is 5.16. The number of hydrogen-bond donors (Lipinski definition) is 2. The second-order valence-electron chi connectivity index (χ2n) is 4.25. The minimum absolute atomic E-state index is 0.0873. The Labute approximate surface area is 120 Å². The van der Waals surface area contributed by atoms with Crippen molar-refractivity contribution < 1.29 is 4.79 Å². The van der Waals surface area contributed by atoms with Crippen molar-refractivity contribution in [2.45, 2.75) is 13.0 Å². The molecule has 19 heavy (non-hydrogen) atoms. The maximum atomic E-state index is 12.1. The number of amides is 1. The fourth-order valence-corrected chi connectivity index (χ4v) is 2.27. The molecule has 3 N–H and O–H groups in total. The van der Waals surface area contributed by atoms with Gasteiger partial charge in [-0.1, -0.05) is 15.9 Å². The summed E-state index contributed by atoms with van der Waals surface area (Å²) in [6, 6.07) is 8.81. The zero-order valence-electron chi connectivity index (χ0n) is 10.4. The molecule has 1 aromatic heterocycles. The summed E-state index contributed by atoms with van der Waals surface area (Å²) in [6.45, 7) is 1.93. The Kier molecular flexibility index (Phi) is 4.16. The first-order valence-corrected chi connectivity index (χ1v) is 6.62. The number of nitrogens with two attached hydrogens (primary N) is 1. The molecule has 0 aliphatic heterocycles. The summed E-state index contributed by atoms with van der Waals surface area (Å²) in [7, 11) is 0. The number of nitrogens with zero attached hydrogens (tertiary/aromatic N) is 1. The SMILES string of the molecule is C[C@@H](NC(=O)c1cc(N)cc(Br)c1)c1ccncc1. The quantitative estimate of drug-likeness (QED) is 0.855. The molecule has 98 valence electrons. The second kappa shape index (κ2) is 5.84. The van der Waals surface area contributed by atoms with Gasteiger partial charge in [-0.3, -0.25) is 9.78 Å². The molecule has 1 amide bonds. The van der Waals surface area contributed by atoms with Gasteiger partial charge in [-0.05, 0) is 42.8 Å². The van der Waals surface area contributed by atoms with Gasteiger partial charge in [0, 0.05) is 28.1 Å². The number of nitrogens with one attached hydrogen (secondary N) is 1. The van der Waals surface area contributed by atoms with Crippen LogP contribution in [0.25, 0.3) is 0 Å². The number of hydrogen-bond acceptors (Lipinski definition) is 3. The fourth-order valence-electron chi connectivity index (χ4n) is 1.76. The van der Waals surface area contributed by atoms with E-state index < -0.39 is 0 Å². The van der Waals surface area contributed by atoms with Crippen molar-refractivity contribution in [3.63, 3.8) is 0 Å². The largest absolute Gasteiger partial charge is 0.399 e. The van der Waals surface area contributed by atoms with Crippen LogP contribution in [0, 0.1) is 0 Å². The number of benzene rings is 1. The summed E-state index contributed by atoms with van der Waals surface area (Å²) >= 11 is 3.32. The number of anilines is 1. The molecule has 0 saturated carbocycles. The number of pyridine rings is 1. The first kappa shape index (κ1) is 13.5. The molecule has 0 unspecified atom stereocenters. The Morgan fingerprint density at radius 3 is 2.63 bits per heavy atom. The number of halogens is 1. The molecule has 4 nitrogen and oxygen atoms in total. The van der Waals surface area contributed by atoms with E-state index in [0.29, 0.717) is 11.3 Å². The molecule has 0 aliphatic carbocycles. The first-order chi connectivity index (χ1) is 9.06. The van der Waals surface area contributed by atoms with Gasteiger partial charge in [0.1, 0.15) is 0 Å². The molecular weight excluding hydrogens is 306 g/mol. The molecule has 2 aromatic rings. The van der Waals surface area contributed by atoms with Gasteiger partial charge in [0.05, 0.1) is 6.04 Å². The maximum absolute atomic E-state index is 12.1. The zero-order valence-corrected chi connectivity index (χ0v) is 12.0. The van der Waals surface area contributed by atoms with Gasteiger partial charge >= 0.3 is 0 Å². The third-order valence-corrected chi connectivity index (χ3v) is 3.19. The van der Waals surface area contributed by atoms with E-state index in [2.05, 4.69) is 26.2 Å². The lowest BCUT2D eigenvalue weighted by Gasteiger charge is -2.14. The normalized spacial score (nSPS) is 11.9. The lowest BCUT2D eigenvalue weighted by atomic mass is 10.1. The molecule has 0 aliphatic rings. The monoisotopic (exact) mass is 319 g/mol. The fraction of sp³-hybridized carbons (Fsp3) is 0.143. The Hall–Kier alpha value is -1.88. The van der Waals surface area contributed by atoms with Gasteiger partial charge in [0.25, 0.3) is 5.91 Å². The van der Waals surface area contributed by atoms with E-state index in [1.54, 1.807) is 30.6 Å². The van der Waals surface area contributed by atoms with Crippen LogP contribution in [0.15, 0.2) is 47.2 Å². The Morgan fingerprint density at radius 2 is 2.00 bits per heavy atom. The van der Waals surface area contributed by atoms with Crippen LogP contribution in [0.4, 0.5) is 5.69 Å². The standard InChI is InChI=1S/C14H14BrN3O/c1-9(10-2-4-17-5-3-10)18-14(19)11-6-12(15)8-13(16)7-11/h2-9H,16H2,1H3,(H,18,19)/t9-/m1/s1. The van der Waals surface area contributed by atoms with Crippen LogP contribution < -0.4 is 11.1 Å². The van der Waals surface area contributed by atoms with E-state index in [1.165, 1.54) is 0 Å². The predicted octanol–water partition coefficient (Wildman–Crippen LogP) is 2.92. The minimum atomic E-state index is -0.155. The molecule has 1 atom stereocenters. The highest BCUT2D eigenvalue weighted by Gasteiger charge is 2.12. The number of nitrogen functional groups attached to an aromatic ring is 1. The van der Waals surface area contributed by atoms with E-state index in [-0.39, 0.29) is 11.9 Å². The minimum Gasteiger partial charge on any atom is -0.399 e. The molecule has 0 bridgehead atoms. The average Bonchev–Trinajstić information content (AvgIpc) is 2.38. The lowest BCUT2D eigenvalue weighted by molar-refractivity contribution is 0.0940. The van der Waals surface area contributed by atoms with E-state index in [0.717, 1.165) is 10.0 Å². The molecule has 5 heteroatoms. The van der Waals surface area contributed by atoms with E-state index in [9.17, 15) is 4.79 Å². The van der Waals surface area contributed by atoms with Crippen molar-refractivity contribution in [2.24, 2.45) is 0 Å². The molecular formula is C14H14BrN3O. The Balaban J connectivity index is 2.13. The van der Waals surface area contributed by atoms with E-state index in [1.807, 2.05) is 19.1 Å². The highest BCUT2D eigenvalue weighted by molar-refractivity contribution is 9.10. The highest BCUT2D eigenvalue weighted by Crippen LogP contribution is 2.18. The van der Waals surface area contributed by atoms with Crippen molar-refractivity contribution in [3.05, 3.63) is 58.3 Å². The third-order valence-electron chi connectivity index (χ3n) is 2.74. The van der Waals surface area contributed by atoms with Gasteiger partial charge in [-0.25, -0.2) is 0 Å². The van der Waals surface area contributed by atoms with Crippen LogP contribution in [-0.4, -0.2) is 10.9 Å². The van der Waals surface area contributed by atoms with Crippen molar-refractivity contribution >= 4 is 27.5 Å². The topological polar surface area (TPSA) is 68.0 Å². The smallest absolute Gasteiger partial charge is 0.251 e. The van der Waals surface area contributed by atoms with Gasteiger partial charge in [-0.2, -0.15) is 0 Å². The molecule has 0 spiro atoms. The lowest BCUT2D eigenvalue weighted by Crippen LogP contribution is -2.26. The summed E-state index contributed by atoms with van der Waals surface area (Å²) in [5, 5.41) is 2.92. The van der Waals surface area contributed by atoms with Crippen molar-refractivity contribution in [1.29, 1.82) is 0 Å². The predicted molar refractivity (Wildman–Crippen MR) is 78.7 cm³/mol. The van der Waals surface area contributed by atoms with E-state index in [4.69, 9.17) is 5.73 Å². The van der Waals surface area contributed by atoms with Crippen LogP contribution in [0.1, 0.15) is 28.9 Å². The summed E-state index contributed by atoms with van der Waals surface area (Å²) in [6.07, 6.45) is 3.41. The molecule has 0 fully saturated rings. The molecule has 0 radical (unpaired) electrons. The molecule has 0 saturated heterocycles. The van der Waals surface area contributed by atoms with Crippen molar-refractivity contribution in [3.8, 4) is 0 Å². The van der Waals surface area contributed by atoms with Crippen LogP contribution in [-0.2, 0) is 0 Å². The first-order valence-electron chi connectivity index (χ1n) is 5.83. The zero-order chi connectivity index (χ0) is 13.8. The summed E-state index contributed by atoms with van der Waals surface area (Å²) in [5.74, 6) is -0.155. The molecule has 1 aromatic carbocycles. The van der Waals surface area contributed by atoms with Gasteiger partial charge in [-0.15, -0.1) is 0 Å². The van der Waals surface area contributed by atoms with Gasteiger partial charge < -0.3 is 11.1 Å². The summed E-state index contributed by atoms with van der Waals surface area (Å²) in [4.78, 5) is 16.1. The number of rotatable bonds is 3. The molecule has 1 heterocycles. The number of carbonyl (C=O) groups is 1. The third kappa shape index (κ3) is 3.54. The van der Waals surface area contributed by atoms with Crippen LogP contribution >= 0.6 is 15.9 Å². The number of aromatic nitrogens is 1. The van der Waals surface area contributed by atoms with Crippen molar-refractivity contribution in [1.82, 2.24) is 10.3 Å². The highest BCUT2D eigenvalue weighted by atomic mass is 79.9. The average molecular weight is 320 g/mol. The van der Waals surface area contributed by atoms with Crippen LogP contribution in [0.3, 0.4) is 0 Å². The molecule has 2 rings (SSSR count). The number of carbonyl (C=O) groups excluding carboxylic acids is 1. The Morgan fingerprint density at radius 1 is 1.32 bits per heavy atom. The van der Waals surface area contributed by atoms with Crippen molar-refractivity contribution in [2.75, 3.05) is 5.73 Å².